The van der Waals surface area contributed by atoms with Crippen molar-refractivity contribution in [2.45, 2.75) is 44.3 Å². The van der Waals surface area contributed by atoms with Crippen LogP contribution in [0.1, 0.15) is 32.8 Å². The van der Waals surface area contributed by atoms with Gasteiger partial charge in [-0.1, -0.05) is 11.6 Å². The van der Waals surface area contributed by atoms with Gasteiger partial charge in [0.15, 0.2) is 0 Å². The van der Waals surface area contributed by atoms with Crippen LogP contribution in [-0.4, -0.2) is 46.2 Å². The lowest BCUT2D eigenvalue weighted by molar-refractivity contribution is -0.733. The maximum Gasteiger partial charge on any atom is 0.291 e. The zero-order chi connectivity index (χ0) is 20.4. The molecule has 3 aliphatic rings. The van der Waals surface area contributed by atoms with Gasteiger partial charge in [-0.2, -0.15) is 11.8 Å². The lowest BCUT2D eigenvalue weighted by Gasteiger charge is -2.33. The number of amides is 3. The van der Waals surface area contributed by atoms with Gasteiger partial charge in [0.1, 0.15) is 17.9 Å². The topological polar surface area (TPSA) is 83.1 Å². The minimum Gasteiger partial charge on any atom is -0.326 e. The fraction of sp³-hybridized carbons (Fsp3) is 0.550. The van der Waals surface area contributed by atoms with Crippen LogP contribution in [0, 0.1) is 11.8 Å². The van der Waals surface area contributed by atoms with Crippen LogP contribution in [0.2, 0.25) is 5.02 Å². The molecule has 4 atom stereocenters. The first kappa shape index (κ1) is 19.7. The molecule has 150 valence electrons. The molecule has 2 fully saturated rings. The smallest absolute Gasteiger partial charge is 0.291 e. The maximum atomic E-state index is 13.5. The van der Waals surface area contributed by atoms with Gasteiger partial charge in [0, 0.05) is 22.5 Å². The van der Waals surface area contributed by atoms with Gasteiger partial charge in [0.2, 0.25) is 17.4 Å². The first-order valence-corrected chi connectivity index (χ1v) is 11.2. The minimum atomic E-state index is -1.14. The van der Waals surface area contributed by atoms with Crippen LogP contribution in [0.25, 0.3) is 0 Å². The van der Waals surface area contributed by atoms with E-state index in [4.69, 9.17) is 11.6 Å². The van der Waals surface area contributed by atoms with Crippen LogP contribution in [0.5, 0.6) is 0 Å². The summed E-state index contributed by atoms with van der Waals surface area (Å²) in [6.07, 6.45) is 2.77. The van der Waals surface area contributed by atoms with Gasteiger partial charge in [0.25, 0.3) is 5.91 Å². The summed E-state index contributed by atoms with van der Waals surface area (Å²) in [6, 6.07) is 5.12. The Morgan fingerprint density at radius 3 is 2.61 bits per heavy atom. The quantitative estimate of drug-likeness (QED) is 0.724. The average Bonchev–Trinajstić information content (AvgIpc) is 3.18. The fourth-order valence-electron chi connectivity index (χ4n) is 5.11. The van der Waals surface area contributed by atoms with Gasteiger partial charge in [-0.15, -0.1) is 0 Å². The summed E-state index contributed by atoms with van der Waals surface area (Å²) >= 11 is 7.94. The van der Waals surface area contributed by atoms with E-state index in [2.05, 4.69) is 5.32 Å². The molecule has 3 aliphatic heterocycles. The van der Waals surface area contributed by atoms with Crippen molar-refractivity contribution >= 4 is 46.8 Å². The van der Waals surface area contributed by atoms with E-state index in [0.29, 0.717) is 16.3 Å². The highest BCUT2D eigenvalue weighted by Crippen LogP contribution is 2.51. The Labute approximate surface area is 173 Å². The second-order valence-electron chi connectivity index (χ2n) is 8.81. The number of hydrogen-bond acceptors (Lipinski definition) is 4. The Kier molecular flexibility index (Phi) is 4.56. The molecule has 0 aliphatic carbocycles. The molecule has 6 nitrogen and oxygen atoms in total. The molecular formula is C20H25ClN3O3S+. The standard InChI is InChI=1S/C20H24ClN3O3S/c1-19(2,3)24-16(25)14-13(7-8-28-4)23-20(15(14)17(24)26)11-9-10(21)5-6-12(11)22-18(20)27/h5-6,9,13-15,23H,7-8H2,1-4H3,(H,22,27)/p+1/t13-,14+,15+,20+/m0/s1. The number of nitrogens with two attached hydrogens (primary N) is 1. The van der Waals surface area contributed by atoms with E-state index in [-0.39, 0.29) is 23.8 Å². The van der Waals surface area contributed by atoms with Crippen molar-refractivity contribution in [3.63, 3.8) is 0 Å². The van der Waals surface area contributed by atoms with E-state index < -0.39 is 22.9 Å². The molecule has 0 aromatic heterocycles. The van der Waals surface area contributed by atoms with Crippen molar-refractivity contribution in [1.82, 2.24) is 4.90 Å². The number of anilines is 1. The third-order valence-electron chi connectivity index (χ3n) is 6.16. The van der Waals surface area contributed by atoms with Crippen LogP contribution in [-0.2, 0) is 19.9 Å². The molecule has 0 bridgehead atoms. The molecule has 0 radical (unpaired) electrons. The molecule has 0 unspecified atom stereocenters. The number of nitrogens with zero attached hydrogens (tertiary/aromatic N) is 1. The second kappa shape index (κ2) is 6.47. The highest BCUT2D eigenvalue weighted by atomic mass is 35.5. The number of quaternary nitrogens is 1. The summed E-state index contributed by atoms with van der Waals surface area (Å²) in [5.74, 6) is -1.01. The van der Waals surface area contributed by atoms with Gasteiger partial charge in [-0.25, -0.2) is 0 Å². The number of rotatable bonds is 3. The van der Waals surface area contributed by atoms with Gasteiger partial charge in [-0.05, 0) is 51.0 Å². The zero-order valence-corrected chi connectivity index (χ0v) is 18.0. The SMILES string of the molecule is CSCC[C@@H]1[NH2+][C@@]2(C(=O)Nc3ccc(Cl)cc32)[C@H]2C(=O)N(C(C)(C)C)C(=O)[C@H]12. The van der Waals surface area contributed by atoms with Crippen molar-refractivity contribution in [2.24, 2.45) is 11.8 Å². The first-order valence-electron chi connectivity index (χ1n) is 9.47. The van der Waals surface area contributed by atoms with E-state index in [0.717, 1.165) is 12.2 Å². The number of likely N-dealkylation sites (tertiary alicyclic amines) is 1. The van der Waals surface area contributed by atoms with Gasteiger partial charge >= 0.3 is 0 Å². The summed E-state index contributed by atoms with van der Waals surface area (Å²) in [5.41, 5.74) is -0.385. The van der Waals surface area contributed by atoms with Crippen LogP contribution < -0.4 is 10.6 Å². The highest BCUT2D eigenvalue weighted by Gasteiger charge is 2.74. The summed E-state index contributed by atoms with van der Waals surface area (Å²) < 4.78 is 0. The molecule has 8 heteroatoms. The van der Waals surface area contributed by atoms with Gasteiger partial charge < -0.3 is 10.6 Å². The number of benzene rings is 1. The largest absolute Gasteiger partial charge is 0.326 e. The third-order valence-corrected chi connectivity index (χ3v) is 7.04. The summed E-state index contributed by atoms with van der Waals surface area (Å²) in [6.45, 7) is 5.57. The van der Waals surface area contributed by atoms with E-state index >= 15 is 0 Å². The van der Waals surface area contributed by atoms with Gasteiger partial charge in [-0.3, -0.25) is 19.3 Å². The van der Waals surface area contributed by atoms with Crippen molar-refractivity contribution < 1.29 is 19.7 Å². The predicted octanol–water partition coefficient (Wildman–Crippen LogP) is 1.59. The molecule has 2 saturated heterocycles. The van der Waals surface area contributed by atoms with Crippen LogP contribution in [0.3, 0.4) is 0 Å². The third kappa shape index (κ3) is 2.56. The Morgan fingerprint density at radius 2 is 1.96 bits per heavy atom. The lowest BCUT2D eigenvalue weighted by Crippen LogP contribution is -2.99. The van der Waals surface area contributed by atoms with Gasteiger partial charge in [0.05, 0.1) is 5.69 Å². The average molecular weight is 423 g/mol. The number of nitrogens with one attached hydrogen (secondary N) is 1. The Bertz CT molecular complexity index is 884. The molecule has 3 amide bonds. The molecule has 0 saturated carbocycles. The molecule has 1 aromatic rings. The minimum absolute atomic E-state index is 0.128. The normalized spacial score (nSPS) is 31.5. The lowest BCUT2D eigenvalue weighted by atomic mass is 9.76. The van der Waals surface area contributed by atoms with Crippen LogP contribution in [0.4, 0.5) is 5.69 Å². The number of hydrogen-bond donors (Lipinski definition) is 2. The van der Waals surface area contributed by atoms with Crippen LogP contribution >= 0.6 is 23.4 Å². The monoisotopic (exact) mass is 422 g/mol. The second-order valence-corrected chi connectivity index (χ2v) is 10.2. The van der Waals surface area contributed by atoms with Crippen LogP contribution in [0.15, 0.2) is 18.2 Å². The van der Waals surface area contributed by atoms with E-state index in [1.807, 2.05) is 32.3 Å². The maximum absolute atomic E-state index is 13.5. The number of halogens is 1. The van der Waals surface area contributed by atoms with E-state index in [1.165, 1.54) is 4.90 Å². The Hall–Kier alpha value is -1.57. The number of imide groups is 1. The summed E-state index contributed by atoms with van der Waals surface area (Å²) in [4.78, 5) is 41.5. The van der Waals surface area contributed by atoms with Crippen molar-refractivity contribution in [1.29, 1.82) is 0 Å². The molecule has 4 rings (SSSR count). The van der Waals surface area contributed by atoms with Crippen molar-refractivity contribution in [2.75, 3.05) is 17.3 Å². The Morgan fingerprint density at radius 1 is 1.25 bits per heavy atom. The fourth-order valence-corrected chi connectivity index (χ4v) is 5.79. The predicted molar refractivity (Wildman–Crippen MR) is 109 cm³/mol. The number of fused-ring (bicyclic) bond motifs is 4. The summed E-state index contributed by atoms with van der Waals surface area (Å²) in [5, 5.41) is 5.39. The number of carbonyl (C=O) groups excluding carboxylic acids is 3. The number of thioether (sulfide) groups is 1. The van der Waals surface area contributed by atoms with Crippen molar-refractivity contribution in [3.05, 3.63) is 28.8 Å². The summed E-state index contributed by atoms with van der Waals surface area (Å²) in [7, 11) is 0. The molecule has 3 N–H and O–H groups in total. The number of carbonyl (C=O) groups is 3. The Balaban J connectivity index is 1.89. The molecule has 1 spiro atoms. The molecule has 1 aromatic carbocycles. The molecule has 3 heterocycles. The molecule has 28 heavy (non-hydrogen) atoms. The molecular weight excluding hydrogens is 398 g/mol. The van der Waals surface area contributed by atoms with Crippen molar-refractivity contribution in [3.8, 4) is 0 Å². The first-order chi connectivity index (χ1) is 13.1. The highest BCUT2D eigenvalue weighted by molar-refractivity contribution is 7.98. The van der Waals surface area contributed by atoms with E-state index in [1.54, 1.807) is 30.0 Å². The zero-order valence-electron chi connectivity index (χ0n) is 16.4. The van der Waals surface area contributed by atoms with E-state index in [9.17, 15) is 14.4 Å².